The van der Waals surface area contributed by atoms with Crippen LogP contribution in [0.2, 0.25) is 5.02 Å². The molecule has 1 N–H and O–H groups in total. The van der Waals surface area contributed by atoms with Crippen molar-refractivity contribution in [2.24, 2.45) is 0 Å². The third-order valence-corrected chi connectivity index (χ3v) is 3.82. The van der Waals surface area contributed by atoms with Crippen LogP contribution in [0.1, 0.15) is 18.9 Å². The van der Waals surface area contributed by atoms with Gasteiger partial charge in [-0.25, -0.2) is 0 Å². The summed E-state index contributed by atoms with van der Waals surface area (Å²) in [5.41, 5.74) is 0.875. The fourth-order valence-electron chi connectivity index (χ4n) is 2.38. The smallest absolute Gasteiger partial charge is 0.244 e. The molecule has 6 heteroatoms. The highest BCUT2D eigenvalue weighted by Crippen LogP contribution is 2.24. The van der Waals surface area contributed by atoms with E-state index in [9.17, 15) is 0 Å². The molecule has 1 fully saturated rings. The van der Waals surface area contributed by atoms with Crippen molar-refractivity contribution in [1.82, 2.24) is 20.4 Å². The number of halogens is 1. The van der Waals surface area contributed by atoms with Crippen molar-refractivity contribution in [3.05, 3.63) is 35.2 Å². The first-order valence-electron chi connectivity index (χ1n) is 6.78. The molecule has 20 heavy (non-hydrogen) atoms. The Balaban J connectivity index is 1.79. The predicted molar refractivity (Wildman–Crippen MR) is 77.6 cm³/mol. The van der Waals surface area contributed by atoms with Gasteiger partial charge in [-0.1, -0.05) is 28.9 Å². The van der Waals surface area contributed by atoms with Gasteiger partial charge in [-0.3, -0.25) is 4.90 Å². The molecular weight excluding hydrogens is 276 g/mol. The van der Waals surface area contributed by atoms with E-state index in [2.05, 4.69) is 27.3 Å². The minimum atomic E-state index is 0.137. The molecule has 2 aromatic rings. The Morgan fingerprint density at radius 1 is 1.35 bits per heavy atom. The van der Waals surface area contributed by atoms with Gasteiger partial charge in [0.15, 0.2) is 0 Å². The summed E-state index contributed by atoms with van der Waals surface area (Å²) < 4.78 is 5.41. The molecule has 0 saturated carbocycles. The summed E-state index contributed by atoms with van der Waals surface area (Å²) in [6.07, 6.45) is 0. The molecular formula is C14H17ClN4O. The van der Waals surface area contributed by atoms with Crippen molar-refractivity contribution in [3.8, 4) is 11.4 Å². The third kappa shape index (κ3) is 2.85. The number of hydrogen-bond donors (Lipinski definition) is 1. The highest BCUT2D eigenvalue weighted by Gasteiger charge is 2.23. The molecule has 2 heterocycles. The number of nitrogens with one attached hydrogen (secondary N) is 1. The molecule has 106 valence electrons. The normalized spacial score (nSPS) is 18.1. The maximum absolute atomic E-state index is 5.98. The lowest BCUT2D eigenvalue weighted by Crippen LogP contribution is -2.44. The van der Waals surface area contributed by atoms with Gasteiger partial charge >= 0.3 is 0 Å². The molecule has 1 aliphatic rings. The lowest BCUT2D eigenvalue weighted by molar-refractivity contribution is 0.154. The number of nitrogens with zero attached hydrogens (tertiary/aromatic N) is 3. The Hall–Kier alpha value is -1.43. The predicted octanol–water partition coefficient (Wildman–Crippen LogP) is 2.36. The second kappa shape index (κ2) is 5.91. The van der Waals surface area contributed by atoms with E-state index in [4.69, 9.17) is 16.1 Å². The molecule has 3 rings (SSSR count). The maximum Gasteiger partial charge on any atom is 0.244 e. The van der Waals surface area contributed by atoms with Gasteiger partial charge < -0.3 is 9.84 Å². The molecule has 0 aliphatic carbocycles. The zero-order valence-corrected chi connectivity index (χ0v) is 12.1. The van der Waals surface area contributed by atoms with Crippen LogP contribution in [0.15, 0.2) is 28.8 Å². The third-order valence-electron chi connectivity index (χ3n) is 3.58. The summed E-state index contributed by atoms with van der Waals surface area (Å²) in [7, 11) is 0. The Morgan fingerprint density at radius 2 is 2.15 bits per heavy atom. The molecule has 1 unspecified atom stereocenters. The van der Waals surface area contributed by atoms with Gasteiger partial charge in [0.25, 0.3) is 0 Å². The first kappa shape index (κ1) is 13.5. The topological polar surface area (TPSA) is 54.2 Å². The summed E-state index contributed by atoms with van der Waals surface area (Å²) in [6, 6.07) is 7.61. The molecule has 0 radical (unpaired) electrons. The second-order valence-corrected chi connectivity index (χ2v) is 5.36. The van der Waals surface area contributed by atoms with Crippen LogP contribution in [0.3, 0.4) is 0 Å². The highest BCUT2D eigenvalue weighted by atomic mass is 35.5. The van der Waals surface area contributed by atoms with Crippen LogP contribution in [0.4, 0.5) is 0 Å². The Morgan fingerprint density at radius 3 is 2.90 bits per heavy atom. The molecule has 1 atom stereocenters. The van der Waals surface area contributed by atoms with E-state index in [-0.39, 0.29) is 6.04 Å². The quantitative estimate of drug-likeness (QED) is 0.941. The number of piperazine rings is 1. The fourth-order valence-corrected chi connectivity index (χ4v) is 2.57. The Bertz CT molecular complexity index is 580. The lowest BCUT2D eigenvalue weighted by Gasteiger charge is -2.30. The van der Waals surface area contributed by atoms with Gasteiger partial charge in [0, 0.05) is 36.8 Å². The van der Waals surface area contributed by atoms with Gasteiger partial charge in [-0.2, -0.15) is 4.98 Å². The van der Waals surface area contributed by atoms with Crippen LogP contribution in [0, 0.1) is 0 Å². The molecule has 1 aliphatic heterocycles. The SMILES string of the molecule is CC(c1nc(-c2cccc(Cl)c2)no1)N1CCNCC1. The summed E-state index contributed by atoms with van der Waals surface area (Å²) in [4.78, 5) is 6.84. The second-order valence-electron chi connectivity index (χ2n) is 4.93. The minimum Gasteiger partial charge on any atom is -0.337 e. The number of benzene rings is 1. The zero-order valence-electron chi connectivity index (χ0n) is 11.3. The molecule has 5 nitrogen and oxygen atoms in total. The standard InChI is InChI=1S/C14H17ClN4O/c1-10(19-7-5-16-6-8-19)14-17-13(18-20-14)11-3-2-4-12(15)9-11/h2-4,9-10,16H,5-8H2,1H3. The summed E-state index contributed by atoms with van der Waals surface area (Å²) >= 11 is 5.98. The summed E-state index contributed by atoms with van der Waals surface area (Å²) in [6.45, 7) is 6.09. The van der Waals surface area contributed by atoms with Crippen LogP contribution in [-0.4, -0.2) is 41.2 Å². The minimum absolute atomic E-state index is 0.137. The van der Waals surface area contributed by atoms with Crippen molar-refractivity contribution in [2.75, 3.05) is 26.2 Å². The van der Waals surface area contributed by atoms with Crippen molar-refractivity contribution in [1.29, 1.82) is 0 Å². The average Bonchev–Trinajstić information content (AvgIpc) is 2.97. The van der Waals surface area contributed by atoms with Gasteiger partial charge in [0.05, 0.1) is 6.04 Å². The number of aromatic nitrogens is 2. The molecule has 0 amide bonds. The van der Waals surface area contributed by atoms with Gasteiger partial charge in [0.2, 0.25) is 11.7 Å². The van der Waals surface area contributed by atoms with E-state index < -0.39 is 0 Å². The van der Waals surface area contributed by atoms with Crippen molar-refractivity contribution >= 4 is 11.6 Å². The monoisotopic (exact) mass is 292 g/mol. The largest absolute Gasteiger partial charge is 0.337 e. The van der Waals surface area contributed by atoms with Gasteiger partial charge in [-0.15, -0.1) is 0 Å². The van der Waals surface area contributed by atoms with Crippen molar-refractivity contribution < 1.29 is 4.52 Å². The highest BCUT2D eigenvalue weighted by molar-refractivity contribution is 6.30. The van der Waals surface area contributed by atoms with Crippen molar-refractivity contribution in [3.63, 3.8) is 0 Å². The molecule has 0 spiro atoms. The number of rotatable bonds is 3. The van der Waals surface area contributed by atoms with Crippen LogP contribution in [0.25, 0.3) is 11.4 Å². The Kier molecular flexibility index (Phi) is 4.00. The van der Waals surface area contributed by atoms with Crippen LogP contribution in [0.5, 0.6) is 0 Å². The molecule has 1 aromatic heterocycles. The zero-order chi connectivity index (χ0) is 13.9. The first-order chi connectivity index (χ1) is 9.74. The van der Waals surface area contributed by atoms with E-state index in [0.29, 0.717) is 16.7 Å². The van der Waals surface area contributed by atoms with Gasteiger partial charge in [-0.05, 0) is 19.1 Å². The number of hydrogen-bond acceptors (Lipinski definition) is 5. The Labute approximate surface area is 122 Å². The van der Waals surface area contributed by atoms with E-state index in [0.717, 1.165) is 31.7 Å². The van der Waals surface area contributed by atoms with Crippen LogP contribution in [-0.2, 0) is 0 Å². The van der Waals surface area contributed by atoms with Gasteiger partial charge in [0.1, 0.15) is 0 Å². The van der Waals surface area contributed by atoms with Crippen molar-refractivity contribution in [2.45, 2.75) is 13.0 Å². The van der Waals surface area contributed by atoms with Crippen LogP contribution < -0.4 is 5.32 Å². The molecule has 0 bridgehead atoms. The lowest BCUT2D eigenvalue weighted by atomic mass is 10.2. The summed E-state index contributed by atoms with van der Waals surface area (Å²) in [5.74, 6) is 1.24. The van der Waals surface area contributed by atoms with E-state index in [1.54, 1.807) is 0 Å². The molecule has 1 saturated heterocycles. The maximum atomic E-state index is 5.98. The van der Waals surface area contributed by atoms with E-state index in [1.165, 1.54) is 0 Å². The molecule has 1 aromatic carbocycles. The van der Waals surface area contributed by atoms with Crippen LogP contribution >= 0.6 is 11.6 Å². The van der Waals surface area contributed by atoms with E-state index in [1.807, 2.05) is 24.3 Å². The fraction of sp³-hybridized carbons (Fsp3) is 0.429. The average molecular weight is 293 g/mol. The summed E-state index contributed by atoms with van der Waals surface area (Å²) in [5, 5.41) is 8.06. The van der Waals surface area contributed by atoms with E-state index >= 15 is 0 Å². The first-order valence-corrected chi connectivity index (χ1v) is 7.16.